The van der Waals surface area contributed by atoms with Crippen LogP contribution in [-0.4, -0.2) is 23.4 Å². The minimum Gasteiger partial charge on any atom is -0.380 e. The molecular formula is C9H22N2O. The van der Waals surface area contributed by atoms with Crippen molar-refractivity contribution >= 4 is 0 Å². The van der Waals surface area contributed by atoms with Crippen molar-refractivity contribution in [3.05, 3.63) is 0 Å². The molecule has 0 amide bonds. The van der Waals surface area contributed by atoms with Gasteiger partial charge in [-0.15, -0.1) is 0 Å². The number of hydrazine groups is 1. The largest absolute Gasteiger partial charge is 0.380 e. The molecule has 3 nitrogen and oxygen atoms in total. The van der Waals surface area contributed by atoms with Crippen LogP contribution in [0.2, 0.25) is 0 Å². The van der Waals surface area contributed by atoms with E-state index >= 15 is 0 Å². The van der Waals surface area contributed by atoms with Crippen molar-refractivity contribution in [3.8, 4) is 0 Å². The standard InChI is InChI=1S/C9H22N2O/c1-2-3-4-5-6-7-8-11(10)9-12/h12H,2-10H2,1H3. The van der Waals surface area contributed by atoms with Crippen molar-refractivity contribution in [3.63, 3.8) is 0 Å². The third-order valence-electron chi connectivity index (χ3n) is 1.98. The number of nitrogens with zero attached hydrogens (tertiary/aromatic N) is 1. The fourth-order valence-electron chi connectivity index (χ4n) is 1.17. The van der Waals surface area contributed by atoms with E-state index < -0.39 is 0 Å². The first-order valence-corrected chi connectivity index (χ1v) is 4.91. The van der Waals surface area contributed by atoms with Gasteiger partial charge in [0.05, 0.1) is 0 Å². The summed E-state index contributed by atoms with van der Waals surface area (Å²) in [6.07, 6.45) is 7.59. The molecule has 0 atom stereocenters. The van der Waals surface area contributed by atoms with E-state index in [-0.39, 0.29) is 6.73 Å². The maximum absolute atomic E-state index is 8.58. The predicted octanol–water partition coefficient (Wildman–Crippen LogP) is 1.47. The molecule has 0 heterocycles. The molecule has 0 aliphatic carbocycles. The van der Waals surface area contributed by atoms with E-state index in [4.69, 9.17) is 10.9 Å². The number of aliphatic hydroxyl groups is 1. The average Bonchev–Trinajstić information content (AvgIpc) is 2.10. The van der Waals surface area contributed by atoms with Crippen LogP contribution in [0.5, 0.6) is 0 Å². The summed E-state index contributed by atoms with van der Waals surface area (Å²) in [6, 6.07) is 0. The van der Waals surface area contributed by atoms with Crippen LogP contribution in [0.4, 0.5) is 0 Å². The summed E-state index contributed by atoms with van der Waals surface area (Å²) >= 11 is 0. The van der Waals surface area contributed by atoms with E-state index in [1.807, 2.05) is 0 Å². The minimum absolute atomic E-state index is 0.0328. The van der Waals surface area contributed by atoms with Gasteiger partial charge in [0, 0.05) is 6.54 Å². The summed E-state index contributed by atoms with van der Waals surface area (Å²) in [5.41, 5.74) is 0. The van der Waals surface area contributed by atoms with Crippen LogP contribution in [0.25, 0.3) is 0 Å². The van der Waals surface area contributed by atoms with Crippen LogP contribution in [0, 0.1) is 0 Å². The Hall–Kier alpha value is -0.120. The summed E-state index contributed by atoms with van der Waals surface area (Å²) < 4.78 is 0. The van der Waals surface area contributed by atoms with Crippen molar-refractivity contribution in [2.24, 2.45) is 5.84 Å². The zero-order valence-corrected chi connectivity index (χ0v) is 8.13. The topological polar surface area (TPSA) is 49.5 Å². The number of hydrogen-bond acceptors (Lipinski definition) is 3. The molecule has 0 aromatic heterocycles. The second-order valence-electron chi connectivity index (χ2n) is 3.22. The van der Waals surface area contributed by atoms with E-state index in [0.717, 1.165) is 13.0 Å². The third kappa shape index (κ3) is 7.98. The van der Waals surface area contributed by atoms with Crippen molar-refractivity contribution in [2.75, 3.05) is 13.3 Å². The Kier molecular flexibility index (Phi) is 8.88. The Bertz CT molecular complexity index is 88.6. The maximum Gasteiger partial charge on any atom is 0.108 e. The summed E-state index contributed by atoms with van der Waals surface area (Å²) in [5, 5.41) is 10.0. The predicted molar refractivity (Wildman–Crippen MR) is 51.4 cm³/mol. The van der Waals surface area contributed by atoms with Gasteiger partial charge < -0.3 is 5.11 Å². The summed E-state index contributed by atoms with van der Waals surface area (Å²) in [6.45, 7) is 2.99. The molecule has 0 spiro atoms. The highest BCUT2D eigenvalue weighted by Gasteiger charge is 1.94. The fourth-order valence-corrected chi connectivity index (χ4v) is 1.17. The molecule has 0 saturated carbocycles. The first-order chi connectivity index (χ1) is 5.81. The van der Waals surface area contributed by atoms with Gasteiger partial charge in [0.2, 0.25) is 0 Å². The van der Waals surface area contributed by atoms with Crippen LogP contribution in [0.3, 0.4) is 0 Å². The molecule has 0 unspecified atom stereocenters. The van der Waals surface area contributed by atoms with Crippen LogP contribution in [-0.2, 0) is 0 Å². The first kappa shape index (κ1) is 11.9. The minimum atomic E-state index is -0.0328. The van der Waals surface area contributed by atoms with Gasteiger partial charge in [0.1, 0.15) is 6.73 Å². The quantitative estimate of drug-likeness (QED) is 0.253. The molecule has 0 aromatic carbocycles. The third-order valence-corrected chi connectivity index (χ3v) is 1.98. The van der Waals surface area contributed by atoms with E-state index in [0.29, 0.717) is 0 Å². The normalized spacial score (nSPS) is 11.0. The Morgan fingerprint density at radius 3 is 2.25 bits per heavy atom. The van der Waals surface area contributed by atoms with E-state index in [2.05, 4.69) is 6.92 Å². The van der Waals surface area contributed by atoms with Gasteiger partial charge in [-0.1, -0.05) is 39.0 Å². The highest BCUT2D eigenvalue weighted by Crippen LogP contribution is 2.04. The number of unbranched alkanes of at least 4 members (excludes halogenated alkanes) is 5. The van der Waals surface area contributed by atoms with Crippen molar-refractivity contribution in [2.45, 2.75) is 45.4 Å². The molecule has 0 aromatic rings. The Labute approximate surface area is 75.5 Å². The van der Waals surface area contributed by atoms with Gasteiger partial charge in [-0.3, -0.25) is 5.84 Å². The average molecular weight is 174 g/mol. The second-order valence-corrected chi connectivity index (χ2v) is 3.22. The molecule has 74 valence electrons. The maximum atomic E-state index is 8.58. The Balaban J connectivity index is 2.90. The molecule has 0 saturated heterocycles. The molecule has 12 heavy (non-hydrogen) atoms. The van der Waals surface area contributed by atoms with Crippen LogP contribution < -0.4 is 5.84 Å². The molecule has 0 fully saturated rings. The van der Waals surface area contributed by atoms with Crippen LogP contribution in [0.1, 0.15) is 45.4 Å². The van der Waals surface area contributed by atoms with Gasteiger partial charge in [0.15, 0.2) is 0 Å². The molecule has 0 aliphatic heterocycles. The highest BCUT2D eigenvalue weighted by atomic mass is 16.3. The van der Waals surface area contributed by atoms with Crippen molar-refractivity contribution in [1.82, 2.24) is 5.01 Å². The number of nitrogens with two attached hydrogens (primary N) is 1. The lowest BCUT2D eigenvalue weighted by Gasteiger charge is -2.11. The van der Waals surface area contributed by atoms with E-state index in [1.165, 1.54) is 37.1 Å². The van der Waals surface area contributed by atoms with E-state index in [1.54, 1.807) is 0 Å². The second kappa shape index (κ2) is 8.97. The molecule has 0 rings (SSSR count). The Morgan fingerprint density at radius 2 is 1.67 bits per heavy atom. The van der Waals surface area contributed by atoms with Gasteiger partial charge in [0.25, 0.3) is 0 Å². The fraction of sp³-hybridized carbons (Fsp3) is 1.00. The molecule has 0 aliphatic rings. The first-order valence-electron chi connectivity index (χ1n) is 4.91. The van der Waals surface area contributed by atoms with E-state index in [9.17, 15) is 0 Å². The van der Waals surface area contributed by atoms with Gasteiger partial charge in [-0.05, 0) is 6.42 Å². The molecular weight excluding hydrogens is 152 g/mol. The summed E-state index contributed by atoms with van der Waals surface area (Å²) in [7, 11) is 0. The summed E-state index contributed by atoms with van der Waals surface area (Å²) in [5.74, 6) is 5.40. The van der Waals surface area contributed by atoms with Gasteiger partial charge >= 0.3 is 0 Å². The van der Waals surface area contributed by atoms with Crippen LogP contribution >= 0.6 is 0 Å². The highest BCUT2D eigenvalue weighted by molar-refractivity contribution is 4.46. The number of hydrogen-bond donors (Lipinski definition) is 2. The number of rotatable bonds is 8. The lowest BCUT2D eigenvalue weighted by Crippen LogP contribution is -2.32. The van der Waals surface area contributed by atoms with Crippen molar-refractivity contribution in [1.29, 1.82) is 0 Å². The van der Waals surface area contributed by atoms with Gasteiger partial charge in [-0.25, -0.2) is 5.01 Å². The smallest absolute Gasteiger partial charge is 0.108 e. The molecule has 0 bridgehead atoms. The van der Waals surface area contributed by atoms with Crippen LogP contribution in [0.15, 0.2) is 0 Å². The summed E-state index contributed by atoms with van der Waals surface area (Å²) in [4.78, 5) is 0. The SMILES string of the molecule is CCCCCCCCN(N)CO. The monoisotopic (exact) mass is 174 g/mol. The molecule has 3 N–H and O–H groups in total. The number of aliphatic hydroxyl groups excluding tert-OH is 1. The van der Waals surface area contributed by atoms with Crippen molar-refractivity contribution < 1.29 is 5.11 Å². The lowest BCUT2D eigenvalue weighted by molar-refractivity contribution is 0.106. The molecule has 3 heteroatoms. The zero-order chi connectivity index (χ0) is 9.23. The zero-order valence-electron chi connectivity index (χ0n) is 8.13. The lowest BCUT2D eigenvalue weighted by atomic mass is 10.1. The molecule has 0 radical (unpaired) electrons. The van der Waals surface area contributed by atoms with Gasteiger partial charge in [-0.2, -0.15) is 0 Å². The Morgan fingerprint density at radius 1 is 1.08 bits per heavy atom.